The number of amides is 1. The summed E-state index contributed by atoms with van der Waals surface area (Å²) in [6, 6.07) is 5.78. The lowest BCUT2D eigenvalue weighted by molar-refractivity contribution is -0.126. The van der Waals surface area contributed by atoms with Gasteiger partial charge < -0.3 is 14.8 Å². The predicted octanol–water partition coefficient (Wildman–Crippen LogP) is 2.89. The minimum atomic E-state index is -0.177. The second kappa shape index (κ2) is 7.21. The van der Waals surface area contributed by atoms with Crippen molar-refractivity contribution in [3.8, 4) is 11.5 Å². The van der Waals surface area contributed by atoms with Crippen LogP contribution in [0.2, 0.25) is 0 Å². The average molecular weight is 346 g/mol. The third-order valence-corrected chi connectivity index (χ3v) is 5.51. The molecule has 0 radical (unpaired) electrons. The topological polar surface area (TPSA) is 60.5 Å². The number of nitrogens with one attached hydrogen (secondary N) is 1. The van der Waals surface area contributed by atoms with Crippen LogP contribution in [0.4, 0.5) is 0 Å². The van der Waals surface area contributed by atoms with E-state index in [2.05, 4.69) is 17.2 Å². The molecule has 1 atom stereocenters. The van der Waals surface area contributed by atoms with E-state index in [1.165, 1.54) is 0 Å². The quantitative estimate of drug-likeness (QED) is 0.904. The van der Waals surface area contributed by atoms with Crippen molar-refractivity contribution in [1.82, 2.24) is 10.3 Å². The third-order valence-electron chi connectivity index (χ3n) is 4.21. The minimum absolute atomic E-state index is 0.0225. The van der Waals surface area contributed by atoms with Gasteiger partial charge in [-0.25, -0.2) is 4.98 Å². The minimum Gasteiger partial charge on any atom is -0.493 e. The SMILES string of the molecule is CCc1nc(C)c(CNC(=O)C2COc3c(cccc3OC)C2)s1. The van der Waals surface area contributed by atoms with Gasteiger partial charge in [0.2, 0.25) is 5.91 Å². The van der Waals surface area contributed by atoms with Crippen molar-refractivity contribution in [3.05, 3.63) is 39.3 Å². The van der Waals surface area contributed by atoms with E-state index >= 15 is 0 Å². The van der Waals surface area contributed by atoms with Gasteiger partial charge in [-0.05, 0) is 31.4 Å². The predicted molar refractivity (Wildman–Crippen MR) is 93.8 cm³/mol. The number of para-hydroxylation sites is 1. The number of methoxy groups -OCH3 is 1. The number of fused-ring (bicyclic) bond motifs is 1. The molecule has 1 amide bonds. The van der Waals surface area contributed by atoms with E-state index in [4.69, 9.17) is 9.47 Å². The molecule has 3 rings (SSSR count). The first-order valence-corrected chi connectivity index (χ1v) is 8.95. The largest absolute Gasteiger partial charge is 0.493 e. The molecule has 1 aliphatic rings. The van der Waals surface area contributed by atoms with E-state index in [1.54, 1.807) is 18.4 Å². The lowest BCUT2D eigenvalue weighted by atomic mass is 9.95. The summed E-state index contributed by atoms with van der Waals surface area (Å²) in [4.78, 5) is 18.1. The molecule has 0 bridgehead atoms. The fourth-order valence-electron chi connectivity index (χ4n) is 2.84. The molecule has 1 aliphatic heterocycles. The van der Waals surface area contributed by atoms with Crippen molar-refractivity contribution in [3.63, 3.8) is 0 Å². The Hall–Kier alpha value is -2.08. The number of benzene rings is 1. The lowest BCUT2D eigenvalue weighted by Gasteiger charge is -2.25. The molecular formula is C18H22N2O3S. The Bertz CT molecular complexity index is 742. The summed E-state index contributed by atoms with van der Waals surface area (Å²) < 4.78 is 11.1. The van der Waals surface area contributed by atoms with Gasteiger partial charge >= 0.3 is 0 Å². The molecule has 0 aliphatic carbocycles. The van der Waals surface area contributed by atoms with Gasteiger partial charge in [0.05, 0.1) is 30.3 Å². The second-order valence-electron chi connectivity index (χ2n) is 5.85. The monoisotopic (exact) mass is 346 g/mol. The molecule has 1 aromatic heterocycles. The third kappa shape index (κ3) is 3.38. The van der Waals surface area contributed by atoms with Gasteiger partial charge in [-0.15, -0.1) is 11.3 Å². The lowest BCUT2D eigenvalue weighted by Crippen LogP contribution is -2.37. The van der Waals surface area contributed by atoms with Crippen LogP contribution in [-0.2, 0) is 24.2 Å². The van der Waals surface area contributed by atoms with E-state index in [0.29, 0.717) is 19.6 Å². The molecule has 2 aromatic rings. The second-order valence-corrected chi connectivity index (χ2v) is 7.02. The van der Waals surface area contributed by atoms with Gasteiger partial charge in [0.25, 0.3) is 0 Å². The highest BCUT2D eigenvalue weighted by molar-refractivity contribution is 7.11. The summed E-state index contributed by atoms with van der Waals surface area (Å²) in [5.74, 6) is 1.33. The normalized spacial score (nSPS) is 16.2. The molecule has 5 nitrogen and oxygen atoms in total. The number of rotatable bonds is 5. The van der Waals surface area contributed by atoms with Crippen molar-refractivity contribution in [1.29, 1.82) is 0 Å². The summed E-state index contributed by atoms with van der Waals surface area (Å²) in [5, 5.41) is 4.14. The fraction of sp³-hybridized carbons (Fsp3) is 0.444. The number of aromatic nitrogens is 1. The first-order chi connectivity index (χ1) is 11.6. The maximum Gasteiger partial charge on any atom is 0.227 e. The molecule has 1 N–H and O–H groups in total. The zero-order valence-electron chi connectivity index (χ0n) is 14.2. The van der Waals surface area contributed by atoms with Gasteiger partial charge in [-0.2, -0.15) is 0 Å². The Morgan fingerprint density at radius 2 is 2.33 bits per heavy atom. The highest BCUT2D eigenvalue weighted by Crippen LogP contribution is 2.36. The summed E-state index contributed by atoms with van der Waals surface area (Å²) in [7, 11) is 1.62. The highest BCUT2D eigenvalue weighted by Gasteiger charge is 2.27. The van der Waals surface area contributed by atoms with Crippen molar-refractivity contribution in [2.75, 3.05) is 13.7 Å². The van der Waals surface area contributed by atoms with Crippen molar-refractivity contribution in [2.45, 2.75) is 33.2 Å². The summed E-state index contributed by atoms with van der Waals surface area (Å²) in [6.45, 7) is 4.99. The molecule has 24 heavy (non-hydrogen) atoms. The van der Waals surface area contributed by atoms with Crippen molar-refractivity contribution in [2.24, 2.45) is 5.92 Å². The zero-order chi connectivity index (χ0) is 17.1. The standard InChI is InChI=1S/C18H22N2O3S/c1-4-16-20-11(2)15(24-16)9-19-18(21)13-8-12-6-5-7-14(22-3)17(12)23-10-13/h5-7,13H,4,8-10H2,1-3H3,(H,19,21). The van der Waals surface area contributed by atoms with Gasteiger partial charge in [0.15, 0.2) is 11.5 Å². The molecule has 0 fully saturated rings. The average Bonchev–Trinajstić information content (AvgIpc) is 2.98. The molecular weight excluding hydrogens is 324 g/mol. The van der Waals surface area contributed by atoms with Crippen LogP contribution in [-0.4, -0.2) is 24.6 Å². The van der Waals surface area contributed by atoms with E-state index in [9.17, 15) is 4.79 Å². The van der Waals surface area contributed by atoms with Crippen LogP contribution >= 0.6 is 11.3 Å². The number of hydrogen-bond donors (Lipinski definition) is 1. The smallest absolute Gasteiger partial charge is 0.227 e. The molecule has 1 aromatic carbocycles. The van der Waals surface area contributed by atoms with E-state index in [1.807, 2.05) is 25.1 Å². The Balaban J connectivity index is 1.63. The van der Waals surface area contributed by atoms with Crippen LogP contribution in [0.5, 0.6) is 11.5 Å². The van der Waals surface area contributed by atoms with Crippen LogP contribution < -0.4 is 14.8 Å². The Labute approximate surface area is 146 Å². The van der Waals surface area contributed by atoms with Crippen LogP contribution in [0.25, 0.3) is 0 Å². The van der Waals surface area contributed by atoms with E-state index in [-0.39, 0.29) is 11.8 Å². The Kier molecular flexibility index (Phi) is 5.04. The highest BCUT2D eigenvalue weighted by atomic mass is 32.1. The maximum atomic E-state index is 12.5. The number of carbonyl (C=O) groups excluding carboxylic acids is 1. The summed E-state index contributed by atoms with van der Waals surface area (Å²) >= 11 is 1.67. The molecule has 0 saturated carbocycles. The van der Waals surface area contributed by atoms with Gasteiger partial charge in [0.1, 0.15) is 6.61 Å². The number of hydrogen-bond acceptors (Lipinski definition) is 5. The van der Waals surface area contributed by atoms with Crippen molar-refractivity contribution < 1.29 is 14.3 Å². The van der Waals surface area contributed by atoms with E-state index < -0.39 is 0 Å². The number of nitrogens with zero attached hydrogens (tertiary/aromatic N) is 1. The number of aryl methyl sites for hydroxylation is 2. The molecule has 2 heterocycles. The number of ether oxygens (including phenoxy) is 2. The molecule has 128 valence electrons. The van der Waals surface area contributed by atoms with Crippen LogP contribution in [0.15, 0.2) is 18.2 Å². The van der Waals surface area contributed by atoms with Crippen LogP contribution in [0.3, 0.4) is 0 Å². The molecule has 0 saturated heterocycles. The van der Waals surface area contributed by atoms with Gasteiger partial charge in [-0.1, -0.05) is 19.1 Å². The van der Waals surface area contributed by atoms with Crippen LogP contribution in [0.1, 0.15) is 28.1 Å². The van der Waals surface area contributed by atoms with Gasteiger partial charge in [0, 0.05) is 4.88 Å². The Morgan fingerprint density at radius 1 is 1.50 bits per heavy atom. The van der Waals surface area contributed by atoms with Crippen molar-refractivity contribution >= 4 is 17.2 Å². The summed E-state index contributed by atoms with van der Waals surface area (Å²) in [6.07, 6.45) is 1.59. The number of thiazole rings is 1. The Morgan fingerprint density at radius 3 is 3.04 bits per heavy atom. The number of carbonyl (C=O) groups is 1. The zero-order valence-corrected chi connectivity index (χ0v) is 15.0. The van der Waals surface area contributed by atoms with E-state index in [0.717, 1.165) is 39.1 Å². The first-order valence-electron chi connectivity index (χ1n) is 8.14. The van der Waals surface area contributed by atoms with Crippen LogP contribution in [0, 0.1) is 12.8 Å². The molecule has 0 spiro atoms. The first kappa shape index (κ1) is 16.8. The fourth-order valence-corrected chi connectivity index (χ4v) is 3.79. The van der Waals surface area contributed by atoms with Gasteiger partial charge in [-0.3, -0.25) is 4.79 Å². The molecule has 6 heteroatoms. The summed E-state index contributed by atoms with van der Waals surface area (Å²) in [5.41, 5.74) is 2.02. The molecule has 1 unspecified atom stereocenters. The maximum absolute atomic E-state index is 12.5.